The standard InChI is InChI=1S/C17H16N2O2S/c1-12-4-6-13(7-5-12)9-16(20)18-10-14-11-21-17(19-14)15-3-2-8-22-15/h2-8,11H,9-10H2,1H3,(H,18,20). The van der Waals surface area contributed by atoms with Gasteiger partial charge in [0.25, 0.3) is 0 Å². The van der Waals surface area contributed by atoms with E-state index >= 15 is 0 Å². The van der Waals surface area contributed by atoms with Crippen LogP contribution in [0.15, 0.2) is 52.5 Å². The van der Waals surface area contributed by atoms with Crippen molar-refractivity contribution in [3.05, 3.63) is 64.9 Å². The summed E-state index contributed by atoms with van der Waals surface area (Å²) < 4.78 is 5.42. The zero-order chi connectivity index (χ0) is 15.4. The number of rotatable bonds is 5. The lowest BCUT2D eigenvalue weighted by Crippen LogP contribution is -2.24. The van der Waals surface area contributed by atoms with E-state index in [0.29, 0.717) is 18.9 Å². The molecule has 1 N–H and O–H groups in total. The van der Waals surface area contributed by atoms with Crippen LogP contribution in [0.3, 0.4) is 0 Å². The molecule has 1 aromatic carbocycles. The van der Waals surface area contributed by atoms with Gasteiger partial charge in [0, 0.05) is 0 Å². The van der Waals surface area contributed by atoms with Gasteiger partial charge in [0.2, 0.25) is 11.8 Å². The van der Waals surface area contributed by atoms with Crippen LogP contribution in [0.5, 0.6) is 0 Å². The number of oxazole rings is 1. The van der Waals surface area contributed by atoms with Crippen LogP contribution in [0, 0.1) is 6.92 Å². The number of hydrogen-bond donors (Lipinski definition) is 1. The van der Waals surface area contributed by atoms with E-state index in [4.69, 9.17) is 4.42 Å². The summed E-state index contributed by atoms with van der Waals surface area (Å²) in [7, 11) is 0. The molecular formula is C17H16N2O2S. The van der Waals surface area contributed by atoms with Crippen molar-refractivity contribution in [3.8, 4) is 10.8 Å². The molecular weight excluding hydrogens is 296 g/mol. The van der Waals surface area contributed by atoms with Crippen molar-refractivity contribution >= 4 is 17.2 Å². The minimum absolute atomic E-state index is 0.0236. The number of aryl methyl sites for hydroxylation is 1. The monoisotopic (exact) mass is 312 g/mol. The second-order valence-electron chi connectivity index (χ2n) is 5.06. The molecule has 3 rings (SSSR count). The van der Waals surface area contributed by atoms with E-state index in [-0.39, 0.29) is 5.91 Å². The predicted molar refractivity (Wildman–Crippen MR) is 86.5 cm³/mol. The number of benzene rings is 1. The molecule has 2 aromatic heterocycles. The maximum absolute atomic E-state index is 11.9. The molecule has 3 aromatic rings. The molecule has 0 aliphatic heterocycles. The highest BCUT2D eigenvalue weighted by Gasteiger charge is 2.09. The predicted octanol–water partition coefficient (Wildman–Crippen LogP) is 3.57. The molecule has 22 heavy (non-hydrogen) atoms. The molecule has 2 heterocycles. The van der Waals surface area contributed by atoms with Gasteiger partial charge in [-0.25, -0.2) is 4.98 Å². The number of hydrogen-bond acceptors (Lipinski definition) is 4. The molecule has 0 fully saturated rings. The fraction of sp³-hybridized carbons (Fsp3) is 0.176. The molecule has 1 amide bonds. The highest BCUT2D eigenvalue weighted by molar-refractivity contribution is 7.13. The molecule has 5 heteroatoms. The van der Waals surface area contributed by atoms with Crippen molar-refractivity contribution < 1.29 is 9.21 Å². The second-order valence-corrected chi connectivity index (χ2v) is 6.01. The lowest BCUT2D eigenvalue weighted by Gasteiger charge is -2.03. The Bertz CT molecular complexity index is 745. The maximum atomic E-state index is 11.9. The Kier molecular flexibility index (Phi) is 4.34. The van der Waals surface area contributed by atoms with Gasteiger partial charge in [0.05, 0.1) is 23.5 Å². The topological polar surface area (TPSA) is 55.1 Å². The molecule has 112 valence electrons. The molecule has 0 saturated carbocycles. The van der Waals surface area contributed by atoms with Gasteiger partial charge in [0.1, 0.15) is 6.26 Å². The van der Waals surface area contributed by atoms with Crippen molar-refractivity contribution in [1.29, 1.82) is 0 Å². The summed E-state index contributed by atoms with van der Waals surface area (Å²) in [4.78, 5) is 17.3. The number of thiophene rings is 1. The van der Waals surface area contributed by atoms with Crippen LogP contribution < -0.4 is 5.32 Å². The van der Waals surface area contributed by atoms with Crippen LogP contribution in [0.1, 0.15) is 16.8 Å². The van der Waals surface area contributed by atoms with Gasteiger partial charge in [-0.2, -0.15) is 0 Å². The lowest BCUT2D eigenvalue weighted by molar-refractivity contribution is -0.120. The highest BCUT2D eigenvalue weighted by atomic mass is 32.1. The Balaban J connectivity index is 1.54. The van der Waals surface area contributed by atoms with Crippen LogP contribution in [0.4, 0.5) is 0 Å². The molecule has 0 saturated heterocycles. The van der Waals surface area contributed by atoms with Gasteiger partial charge in [-0.1, -0.05) is 35.9 Å². The largest absolute Gasteiger partial charge is 0.443 e. The number of nitrogens with one attached hydrogen (secondary N) is 1. The van der Waals surface area contributed by atoms with Crippen LogP contribution in [0.25, 0.3) is 10.8 Å². The minimum Gasteiger partial charge on any atom is -0.443 e. The number of nitrogens with zero attached hydrogens (tertiary/aromatic N) is 1. The maximum Gasteiger partial charge on any atom is 0.236 e. The van der Waals surface area contributed by atoms with Crippen molar-refractivity contribution in [3.63, 3.8) is 0 Å². The van der Waals surface area contributed by atoms with Crippen LogP contribution in [-0.4, -0.2) is 10.9 Å². The first kappa shape index (κ1) is 14.5. The van der Waals surface area contributed by atoms with Gasteiger partial charge in [-0.05, 0) is 23.9 Å². The van der Waals surface area contributed by atoms with E-state index in [1.807, 2.05) is 48.7 Å². The molecule has 0 bridgehead atoms. The average Bonchev–Trinajstić information content (AvgIpc) is 3.18. The van der Waals surface area contributed by atoms with E-state index in [9.17, 15) is 4.79 Å². The van der Waals surface area contributed by atoms with Gasteiger partial charge in [-0.3, -0.25) is 4.79 Å². The van der Waals surface area contributed by atoms with Crippen LogP contribution in [-0.2, 0) is 17.8 Å². The van der Waals surface area contributed by atoms with E-state index in [1.54, 1.807) is 17.6 Å². The Labute approximate surface area is 132 Å². The third-order valence-corrected chi connectivity index (χ3v) is 4.09. The van der Waals surface area contributed by atoms with Gasteiger partial charge in [-0.15, -0.1) is 11.3 Å². The average molecular weight is 312 g/mol. The third-order valence-electron chi connectivity index (χ3n) is 3.24. The summed E-state index contributed by atoms with van der Waals surface area (Å²) in [6.45, 7) is 2.40. The Morgan fingerprint density at radius 2 is 2.09 bits per heavy atom. The normalized spacial score (nSPS) is 10.6. The van der Waals surface area contributed by atoms with Gasteiger partial charge in [0.15, 0.2) is 0 Å². The fourth-order valence-corrected chi connectivity index (χ4v) is 2.70. The highest BCUT2D eigenvalue weighted by Crippen LogP contribution is 2.23. The molecule has 0 spiro atoms. The van der Waals surface area contributed by atoms with Crippen LogP contribution in [0.2, 0.25) is 0 Å². The second kappa shape index (κ2) is 6.58. The fourth-order valence-electron chi connectivity index (χ4n) is 2.04. The number of carbonyl (C=O) groups is 1. The van der Waals surface area contributed by atoms with Gasteiger partial charge >= 0.3 is 0 Å². The molecule has 0 atom stereocenters. The third kappa shape index (κ3) is 3.62. The quantitative estimate of drug-likeness (QED) is 0.783. The molecule has 4 nitrogen and oxygen atoms in total. The molecule has 0 aliphatic rings. The smallest absolute Gasteiger partial charge is 0.236 e. The molecule has 0 radical (unpaired) electrons. The zero-order valence-corrected chi connectivity index (χ0v) is 13.0. The van der Waals surface area contributed by atoms with Crippen molar-refractivity contribution in [2.24, 2.45) is 0 Å². The first-order valence-corrected chi connectivity index (χ1v) is 7.89. The summed E-state index contributed by atoms with van der Waals surface area (Å²) in [5.41, 5.74) is 2.91. The van der Waals surface area contributed by atoms with E-state index in [1.165, 1.54) is 5.56 Å². The number of amides is 1. The summed E-state index contributed by atoms with van der Waals surface area (Å²) >= 11 is 1.57. The van der Waals surface area contributed by atoms with Crippen LogP contribution >= 0.6 is 11.3 Å². The lowest BCUT2D eigenvalue weighted by atomic mass is 10.1. The zero-order valence-electron chi connectivity index (χ0n) is 12.2. The van der Waals surface area contributed by atoms with E-state index < -0.39 is 0 Å². The van der Waals surface area contributed by atoms with Crippen molar-refractivity contribution in [2.75, 3.05) is 0 Å². The minimum atomic E-state index is -0.0236. The first-order valence-electron chi connectivity index (χ1n) is 7.01. The molecule has 0 aliphatic carbocycles. The van der Waals surface area contributed by atoms with Crippen molar-refractivity contribution in [2.45, 2.75) is 19.9 Å². The Hall–Kier alpha value is -2.40. The van der Waals surface area contributed by atoms with E-state index in [0.717, 1.165) is 16.1 Å². The van der Waals surface area contributed by atoms with Crippen molar-refractivity contribution in [1.82, 2.24) is 10.3 Å². The SMILES string of the molecule is Cc1ccc(CC(=O)NCc2coc(-c3cccs3)n2)cc1. The first-order chi connectivity index (χ1) is 10.7. The Morgan fingerprint density at radius 3 is 2.82 bits per heavy atom. The molecule has 0 unspecified atom stereocenters. The Morgan fingerprint density at radius 1 is 1.27 bits per heavy atom. The summed E-state index contributed by atoms with van der Waals surface area (Å²) in [6, 6.07) is 11.9. The van der Waals surface area contributed by atoms with Gasteiger partial charge < -0.3 is 9.73 Å². The number of carbonyl (C=O) groups excluding carboxylic acids is 1. The summed E-state index contributed by atoms with van der Waals surface area (Å²) in [5.74, 6) is 0.572. The van der Waals surface area contributed by atoms with E-state index in [2.05, 4.69) is 10.3 Å². The summed E-state index contributed by atoms with van der Waals surface area (Å²) in [5, 5.41) is 4.84. The summed E-state index contributed by atoms with van der Waals surface area (Å²) in [6.07, 6.45) is 1.96. The number of aromatic nitrogens is 1.